The average molecular weight is 439 g/mol. The number of halogens is 1. The van der Waals surface area contributed by atoms with E-state index in [0.717, 1.165) is 34.7 Å². The van der Waals surface area contributed by atoms with Gasteiger partial charge in [0.25, 0.3) is 0 Å². The van der Waals surface area contributed by atoms with Gasteiger partial charge >= 0.3 is 0 Å². The van der Waals surface area contributed by atoms with Crippen LogP contribution in [0.15, 0.2) is 54.9 Å². The first-order chi connectivity index (χ1) is 14.9. The van der Waals surface area contributed by atoms with E-state index in [-0.39, 0.29) is 5.91 Å². The van der Waals surface area contributed by atoms with Gasteiger partial charge in [0.2, 0.25) is 5.91 Å². The van der Waals surface area contributed by atoms with Gasteiger partial charge in [0.05, 0.1) is 5.69 Å². The van der Waals surface area contributed by atoms with Crippen molar-refractivity contribution in [2.45, 2.75) is 40.5 Å². The highest BCUT2D eigenvalue weighted by Gasteiger charge is 2.12. The van der Waals surface area contributed by atoms with Crippen molar-refractivity contribution in [2.24, 2.45) is 5.92 Å². The first-order valence-corrected chi connectivity index (χ1v) is 10.6. The number of hydrogen-bond acceptors (Lipinski definition) is 4. The van der Waals surface area contributed by atoms with E-state index in [4.69, 9.17) is 16.3 Å². The fourth-order valence-electron chi connectivity index (χ4n) is 2.98. The summed E-state index contributed by atoms with van der Waals surface area (Å²) in [4.78, 5) is 16.3. The molecule has 0 radical (unpaired) electrons. The zero-order valence-electron chi connectivity index (χ0n) is 18.0. The molecule has 2 heterocycles. The number of rotatable bonds is 9. The maximum absolute atomic E-state index is 12.2. The Morgan fingerprint density at radius 2 is 2.00 bits per heavy atom. The van der Waals surface area contributed by atoms with Gasteiger partial charge in [-0.15, -0.1) is 0 Å². The van der Waals surface area contributed by atoms with Gasteiger partial charge in [0, 0.05) is 42.7 Å². The molecule has 0 saturated heterocycles. The average Bonchev–Trinajstić information content (AvgIpc) is 3.02. The summed E-state index contributed by atoms with van der Waals surface area (Å²) >= 11 is 6.41. The smallest absolute Gasteiger partial charge is 0.244 e. The maximum atomic E-state index is 12.2. The second-order valence-corrected chi connectivity index (χ2v) is 8.07. The van der Waals surface area contributed by atoms with Crippen molar-refractivity contribution in [3.8, 4) is 5.75 Å². The Kier molecular flexibility index (Phi) is 7.84. The summed E-state index contributed by atoms with van der Waals surface area (Å²) < 4.78 is 7.52. The second-order valence-electron chi connectivity index (χ2n) is 7.71. The summed E-state index contributed by atoms with van der Waals surface area (Å²) in [6.45, 7) is 7.72. The highest BCUT2D eigenvalue weighted by atomic mass is 35.5. The molecule has 6 nitrogen and oxygen atoms in total. The summed E-state index contributed by atoms with van der Waals surface area (Å²) in [7, 11) is 0. The number of benzene rings is 1. The summed E-state index contributed by atoms with van der Waals surface area (Å²) in [6.07, 6.45) is 6.71. The number of nitrogens with one attached hydrogen (secondary N) is 1. The van der Waals surface area contributed by atoms with Gasteiger partial charge < -0.3 is 10.1 Å². The molecule has 1 amide bonds. The Hall–Kier alpha value is -3.12. The highest BCUT2D eigenvalue weighted by Crippen LogP contribution is 2.22. The topological polar surface area (TPSA) is 69.0 Å². The molecule has 0 aliphatic heterocycles. The number of carbonyl (C=O) groups is 1. The van der Waals surface area contributed by atoms with Gasteiger partial charge in [-0.1, -0.05) is 43.6 Å². The summed E-state index contributed by atoms with van der Waals surface area (Å²) in [5.41, 5.74) is 3.56. The first kappa shape index (κ1) is 22.6. The molecule has 162 valence electrons. The van der Waals surface area contributed by atoms with E-state index in [0.29, 0.717) is 24.2 Å². The quantitative estimate of drug-likeness (QED) is 0.487. The van der Waals surface area contributed by atoms with Gasteiger partial charge in [-0.3, -0.25) is 14.5 Å². The van der Waals surface area contributed by atoms with Crippen molar-refractivity contribution >= 4 is 23.6 Å². The Bertz CT molecular complexity index is 1030. The van der Waals surface area contributed by atoms with Crippen LogP contribution in [-0.2, 0) is 24.5 Å². The van der Waals surface area contributed by atoms with Crippen molar-refractivity contribution in [1.82, 2.24) is 20.1 Å². The van der Waals surface area contributed by atoms with Gasteiger partial charge in [-0.2, -0.15) is 5.10 Å². The van der Waals surface area contributed by atoms with Crippen LogP contribution < -0.4 is 10.1 Å². The lowest BCUT2D eigenvalue weighted by Crippen LogP contribution is -2.20. The molecule has 31 heavy (non-hydrogen) atoms. The van der Waals surface area contributed by atoms with E-state index in [1.165, 1.54) is 6.08 Å². The molecule has 3 rings (SSSR count). The Morgan fingerprint density at radius 1 is 1.23 bits per heavy atom. The lowest BCUT2D eigenvalue weighted by Gasteiger charge is -2.07. The molecule has 1 aromatic carbocycles. The molecular formula is C24H27ClN4O2. The van der Waals surface area contributed by atoms with Gasteiger partial charge in [0.1, 0.15) is 17.5 Å². The van der Waals surface area contributed by atoms with E-state index in [1.807, 2.05) is 43.3 Å². The third kappa shape index (κ3) is 6.69. The van der Waals surface area contributed by atoms with E-state index >= 15 is 0 Å². The Labute approximate surface area is 187 Å². The Balaban J connectivity index is 1.50. The molecule has 0 spiro atoms. The molecule has 0 bridgehead atoms. The highest BCUT2D eigenvalue weighted by molar-refractivity contribution is 6.31. The number of carbonyl (C=O) groups excluding carboxylic acids is 1. The predicted octanol–water partition coefficient (Wildman–Crippen LogP) is 4.80. The van der Waals surface area contributed by atoms with E-state index in [1.54, 1.807) is 23.2 Å². The lowest BCUT2D eigenvalue weighted by molar-refractivity contribution is -0.116. The van der Waals surface area contributed by atoms with Crippen LogP contribution in [0.2, 0.25) is 5.15 Å². The predicted molar refractivity (Wildman–Crippen MR) is 123 cm³/mol. The van der Waals surface area contributed by atoms with Crippen LogP contribution >= 0.6 is 11.6 Å². The van der Waals surface area contributed by atoms with Crippen LogP contribution in [0.25, 0.3) is 6.08 Å². The lowest BCUT2D eigenvalue weighted by atomic mass is 10.2. The van der Waals surface area contributed by atoms with Crippen molar-refractivity contribution < 1.29 is 9.53 Å². The van der Waals surface area contributed by atoms with Crippen LogP contribution in [-0.4, -0.2) is 20.7 Å². The van der Waals surface area contributed by atoms with Crippen molar-refractivity contribution in [1.29, 1.82) is 0 Å². The van der Waals surface area contributed by atoms with Gasteiger partial charge in [-0.05, 0) is 42.7 Å². The molecule has 7 heteroatoms. The fraction of sp³-hybridized carbons (Fsp3) is 0.292. The van der Waals surface area contributed by atoms with Crippen molar-refractivity contribution in [2.75, 3.05) is 0 Å². The number of hydrogen-bond donors (Lipinski definition) is 1. The summed E-state index contributed by atoms with van der Waals surface area (Å²) in [5.74, 6) is 1.01. The number of pyridine rings is 1. The molecule has 2 aromatic heterocycles. The standard InChI is InChI=1S/C24H27ClN4O2/c1-17(2)15-29-24(25)22(18(3)28-29)10-11-23(30)27-14-19-6-8-21(9-7-19)31-16-20-5-4-12-26-13-20/h4-13,17H,14-16H2,1-3H3,(H,27,30)/b11-10+. The van der Waals surface area contributed by atoms with Crippen LogP contribution in [0.4, 0.5) is 0 Å². The van der Waals surface area contributed by atoms with E-state index in [2.05, 4.69) is 29.2 Å². The summed E-state index contributed by atoms with van der Waals surface area (Å²) in [6, 6.07) is 11.5. The molecule has 1 N–H and O–H groups in total. The van der Waals surface area contributed by atoms with Crippen LogP contribution in [0.5, 0.6) is 5.75 Å². The fourth-order valence-corrected chi connectivity index (χ4v) is 3.29. The summed E-state index contributed by atoms with van der Waals surface area (Å²) in [5, 5.41) is 7.88. The minimum atomic E-state index is -0.191. The number of aryl methyl sites for hydroxylation is 1. The van der Waals surface area contributed by atoms with Crippen LogP contribution in [0, 0.1) is 12.8 Å². The monoisotopic (exact) mass is 438 g/mol. The molecule has 0 fully saturated rings. The SMILES string of the molecule is Cc1nn(CC(C)C)c(Cl)c1/C=C/C(=O)NCc1ccc(OCc2cccnc2)cc1. The number of nitrogens with zero attached hydrogens (tertiary/aromatic N) is 3. The number of ether oxygens (including phenoxy) is 1. The molecule has 0 aliphatic rings. The van der Waals surface area contributed by atoms with E-state index in [9.17, 15) is 4.79 Å². The zero-order valence-corrected chi connectivity index (χ0v) is 18.8. The van der Waals surface area contributed by atoms with Crippen LogP contribution in [0.1, 0.15) is 36.2 Å². The van der Waals surface area contributed by atoms with Crippen LogP contribution in [0.3, 0.4) is 0 Å². The van der Waals surface area contributed by atoms with Crippen molar-refractivity contribution in [3.63, 3.8) is 0 Å². The molecular weight excluding hydrogens is 412 g/mol. The second kappa shape index (κ2) is 10.8. The minimum absolute atomic E-state index is 0.191. The number of amides is 1. The molecule has 3 aromatic rings. The van der Waals surface area contributed by atoms with Crippen molar-refractivity contribution in [3.05, 3.63) is 82.4 Å². The van der Waals surface area contributed by atoms with E-state index < -0.39 is 0 Å². The largest absolute Gasteiger partial charge is 0.489 e. The third-order valence-electron chi connectivity index (χ3n) is 4.57. The Morgan fingerprint density at radius 3 is 2.68 bits per heavy atom. The molecule has 0 atom stereocenters. The molecule has 0 unspecified atom stereocenters. The molecule has 0 saturated carbocycles. The van der Waals surface area contributed by atoms with Gasteiger partial charge in [-0.25, -0.2) is 0 Å². The zero-order chi connectivity index (χ0) is 22.2. The minimum Gasteiger partial charge on any atom is -0.489 e. The number of aromatic nitrogens is 3. The third-order valence-corrected chi connectivity index (χ3v) is 4.97. The van der Waals surface area contributed by atoms with Gasteiger partial charge in [0.15, 0.2) is 0 Å². The maximum Gasteiger partial charge on any atom is 0.244 e. The normalized spacial score (nSPS) is 11.3. The molecule has 0 aliphatic carbocycles. The first-order valence-electron chi connectivity index (χ1n) is 10.2.